The first-order chi connectivity index (χ1) is 18.0. The van der Waals surface area contributed by atoms with Crippen molar-refractivity contribution in [2.24, 2.45) is 5.10 Å². The van der Waals surface area contributed by atoms with Crippen LogP contribution in [0, 0.1) is 0 Å². The molecular formula is C25H23BrN6O4S. The van der Waals surface area contributed by atoms with Crippen molar-refractivity contribution in [3.8, 4) is 34.3 Å². The first-order valence-electron chi connectivity index (χ1n) is 10.9. The van der Waals surface area contributed by atoms with Crippen LogP contribution in [-0.4, -0.2) is 59.0 Å². The van der Waals surface area contributed by atoms with Gasteiger partial charge in [-0.05, 0) is 48.5 Å². The molecule has 0 bridgehead atoms. The number of nitrogens with zero attached hydrogens (tertiary/aromatic N) is 5. The lowest BCUT2D eigenvalue weighted by Gasteiger charge is -2.12. The summed E-state index contributed by atoms with van der Waals surface area (Å²) >= 11 is 4.72. The minimum Gasteiger partial charge on any atom is -0.493 e. The van der Waals surface area contributed by atoms with Crippen molar-refractivity contribution < 1.29 is 19.0 Å². The molecule has 2 aromatic carbocycles. The van der Waals surface area contributed by atoms with Gasteiger partial charge in [0.05, 0.1) is 33.3 Å². The molecule has 0 spiro atoms. The molecule has 0 aliphatic carbocycles. The van der Waals surface area contributed by atoms with Gasteiger partial charge in [0.1, 0.15) is 0 Å². The van der Waals surface area contributed by atoms with Crippen molar-refractivity contribution in [3.63, 3.8) is 0 Å². The normalized spacial score (nSPS) is 10.9. The third-order valence-electron chi connectivity index (χ3n) is 5.08. The molecular weight excluding hydrogens is 560 g/mol. The third kappa shape index (κ3) is 6.27. The molecule has 0 saturated heterocycles. The molecule has 1 N–H and O–H groups in total. The van der Waals surface area contributed by atoms with Gasteiger partial charge in [0, 0.05) is 33.7 Å². The molecule has 0 fully saturated rings. The van der Waals surface area contributed by atoms with E-state index < -0.39 is 0 Å². The summed E-state index contributed by atoms with van der Waals surface area (Å²) in [6.07, 6.45) is 4.89. The van der Waals surface area contributed by atoms with Gasteiger partial charge in [0.2, 0.25) is 5.75 Å². The fraction of sp³-hybridized carbons (Fsp3) is 0.160. The first kappa shape index (κ1) is 26.2. The lowest BCUT2D eigenvalue weighted by atomic mass is 10.2. The minimum atomic E-state index is -0.301. The zero-order valence-corrected chi connectivity index (χ0v) is 22.6. The van der Waals surface area contributed by atoms with E-state index in [0.717, 1.165) is 15.7 Å². The quantitative estimate of drug-likeness (QED) is 0.167. The lowest BCUT2D eigenvalue weighted by Crippen LogP contribution is -2.20. The van der Waals surface area contributed by atoms with Crippen molar-refractivity contribution in [1.29, 1.82) is 0 Å². The topological polar surface area (TPSA) is 113 Å². The molecule has 2 aromatic heterocycles. The number of nitrogens with one attached hydrogen (secondary N) is 1. The Hall–Kier alpha value is -3.90. The lowest BCUT2D eigenvalue weighted by molar-refractivity contribution is -0.118. The number of pyridine rings is 1. The number of hydrazone groups is 1. The van der Waals surface area contributed by atoms with E-state index in [1.165, 1.54) is 39.3 Å². The van der Waals surface area contributed by atoms with Crippen LogP contribution in [0.25, 0.3) is 17.1 Å². The van der Waals surface area contributed by atoms with Crippen molar-refractivity contribution in [2.45, 2.75) is 5.16 Å². The third-order valence-corrected chi connectivity index (χ3v) is 6.54. The second kappa shape index (κ2) is 12.4. The smallest absolute Gasteiger partial charge is 0.250 e. The van der Waals surface area contributed by atoms with Gasteiger partial charge in [0.25, 0.3) is 5.91 Å². The van der Waals surface area contributed by atoms with E-state index in [4.69, 9.17) is 14.2 Å². The van der Waals surface area contributed by atoms with Gasteiger partial charge < -0.3 is 14.2 Å². The maximum atomic E-state index is 12.5. The number of halogens is 1. The molecule has 4 rings (SSSR count). The predicted molar refractivity (Wildman–Crippen MR) is 145 cm³/mol. The Morgan fingerprint density at radius 3 is 2.32 bits per heavy atom. The second-order valence-corrected chi connectivity index (χ2v) is 9.25. The molecule has 0 atom stereocenters. The largest absolute Gasteiger partial charge is 0.493 e. The summed E-state index contributed by atoms with van der Waals surface area (Å²) in [5.74, 6) is 1.88. The molecule has 0 aliphatic rings. The highest BCUT2D eigenvalue weighted by Crippen LogP contribution is 2.37. The molecule has 12 heteroatoms. The summed E-state index contributed by atoms with van der Waals surface area (Å²) in [6, 6.07) is 14.9. The van der Waals surface area contributed by atoms with Gasteiger partial charge in [-0.1, -0.05) is 27.7 Å². The van der Waals surface area contributed by atoms with E-state index in [1.54, 1.807) is 24.5 Å². The SMILES string of the molecule is COc1cc(/C=N\NC(=O)CSc2nnc(-c3ccncc3)n2-c2ccc(Br)cc2)cc(OC)c1OC. The minimum absolute atomic E-state index is 0.0810. The number of aromatic nitrogens is 4. The van der Waals surface area contributed by atoms with Gasteiger partial charge >= 0.3 is 0 Å². The summed E-state index contributed by atoms with van der Waals surface area (Å²) in [6.45, 7) is 0. The van der Waals surface area contributed by atoms with Gasteiger partial charge in [-0.15, -0.1) is 10.2 Å². The zero-order valence-electron chi connectivity index (χ0n) is 20.2. The molecule has 0 radical (unpaired) electrons. The predicted octanol–water partition coefficient (Wildman–Crippen LogP) is 4.36. The van der Waals surface area contributed by atoms with E-state index in [1.807, 2.05) is 41.0 Å². The van der Waals surface area contributed by atoms with E-state index in [9.17, 15) is 4.79 Å². The Morgan fingerprint density at radius 1 is 1.03 bits per heavy atom. The van der Waals surface area contributed by atoms with Crippen LogP contribution in [0.3, 0.4) is 0 Å². The number of carbonyl (C=O) groups excluding carboxylic acids is 1. The van der Waals surface area contributed by atoms with Crippen LogP contribution >= 0.6 is 27.7 Å². The zero-order chi connectivity index (χ0) is 26.2. The first-order valence-corrected chi connectivity index (χ1v) is 12.7. The van der Waals surface area contributed by atoms with Crippen molar-refractivity contribution in [2.75, 3.05) is 27.1 Å². The molecule has 0 unspecified atom stereocenters. The van der Waals surface area contributed by atoms with Crippen LogP contribution in [0.1, 0.15) is 5.56 Å². The number of carbonyl (C=O) groups is 1. The molecule has 1 amide bonds. The fourth-order valence-corrected chi connectivity index (χ4v) is 4.40. The van der Waals surface area contributed by atoms with Crippen LogP contribution in [0.5, 0.6) is 17.2 Å². The van der Waals surface area contributed by atoms with Crippen molar-refractivity contribution >= 4 is 39.8 Å². The number of hydrogen-bond acceptors (Lipinski definition) is 9. The molecule has 37 heavy (non-hydrogen) atoms. The molecule has 0 saturated carbocycles. The maximum Gasteiger partial charge on any atom is 0.250 e. The number of amides is 1. The summed E-state index contributed by atoms with van der Waals surface area (Å²) in [5, 5.41) is 13.3. The van der Waals surface area contributed by atoms with Crippen LogP contribution in [0.4, 0.5) is 0 Å². The monoisotopic (exact) mass is 582 g/mol. The van der Waals surface area contributed by atoms with Crippen LogP contribution < -0.4 is 19.6 Å². The highest BCUT2D eigenvalue weighted by molar-refractivity contribution is 9.10. The number of thioether (sulfide) groups is 1. The summed E-state index contributed by atoms with van der Waals surface area (Å²) in [7, 11) is 4.60. The Kier molecular flexibility index (Phi) is 8.75. The molecule has 190 valence electrons. The standard InChI is InChI=1S/C25H23BrN6O4S/c1-34-20-12-16(13-21(35-2)23(20)36-3)14-28-29-22(33)15-37-25-31-30-24(17-8-10-27-11-9-17)32(25)19-6-4-18(26)5-7-19/h4-14H,15H2,1-3H3,(H,29,33)/b28-14-. The van der Waals surface area contributed by atoms with Crippen LogP contribution in [0.15, 0.2) is 75.7 Å². The molecule has 4 aromatic rings. The maximum absolute atomic E-state index is 12.5. The number of methoxy groups -OCH3 is 3. The number of hydrogen-bond donors (Lipinski definition) is 1. The Labute approximate surface area is 226 Å². The van der Waals surface area contributed by atoms with Crippen molar-refractivity contribution in [1.82, 2.24) is 25.2 Å². The Bertz CT molecular complexity index is 1370. The van der Waals surface area contributed by atoms with E-state index in [2.05, 4.69) is 41.6 Å². The summed E-state index contributed by atoms with van der Waals surface area (Å²) in [4.78, 5) is 16.6. The number of ether oxygens (including phenoxy) is 3. The second-order valence-electron chi connectivity index (χ2n) is 7.39. The molecule has 0 aliphatic heterocycles. The van der Waals surface area contributed by atoms with Crippen LogP contribution in [0.2, 0.25) is 0 Å². The molecule has 10 nitrogen and oxygen atoms in total. The van der Waals surface area contributed by atoms with Gasteiger partial charge in [-0.3, -0.25) is 14.3 Å². The number of benzene rings is 2. The average Bonchev–Trinajstić information content (AvgIpc) is 3.36. The highest BCUT2D eigenvalue weighted by Gasteiger charge is 2.17. The van der Waals surface area contributed by atoms with Gasteiger partial charge in [0.15, 0.2) is 22.5 Å². The highest BCUT2D eigenvalue weighted by atomic mass is 79.9. The number of rotatable bonds is 10. The average molecular weight is 583 g/mol. The van der Waals surface area contributed by atoms with Gasteiger partial charge in [-0.2, -0.15) is 5.10 Å². The fourth-order valence-electron chi connectivity index (χ4n) is 3.39. The van der Waals surface area contributed by atoms with Crippen molar-refractivity contribution in [3.05, 3.63) is 71.0 Å². The Balaban J connectivity index is 1.48. The van der Waals surface area contributed by atoms with E-state index in [-0.39, 0.29) is 11.7 Å². The summed E-state index contributed by atoms with van der Waals surface area (Å²) < 4.78 is 18.9. The Morgan fingerprint density at radius 2 is 1.70 bits per heavy atom. The van der Waals surface area contributed by atoms with E-state index >= 15 is 0 Å². The van der Waals surface area contributed by atoms with Gasteiger partial charge in [-0.25, -0.2) is 5.43 Å². The van der Waals surface area contributed by atoms with E-state index in [0.29, 0.717) is 33.8 Å². The van der Waals surface area contributed by atoms with Crippen LogP contribution in [-0.2, 0) is 4.79 Å². The summed E-state index contributed by atoms with van der Waals surface area (Å²) in [5.41, 5.74) is 4.92. The molecule has 2 heterocycles.